The van der Waals surface area contributed by atoms with Gasteiger partial charge in [0.25, 0.3) is 0 Å². The first-order valence-corrected chi connectivity index (χ1v) is 5.03. The van der Waals surface area contributed by atoms with Gasteiger partial charge in [-0.15, -0.1) is 0 Å². The Balaban J connectivity index is 2.62. The van der Waals surface area contributed by atoms with E-state index in [1.807, 2.05) is 6.92 Å². The van der Waals surface area contributed by atoms with Crippen molar-refractivity contribution in [1.29, 1.82) is 0 Å². The van der Waals surface area contributed by atoms with Gasteiger partial charge >= 0.3 is 0 Å². The molecule has 0 bridgehead atoms. The highest BCUT2D eigenvalue weighted by atomic mass is 79.9. The first-order valence-electron chi connectivity index (χ1n) is 4.24. The van der Waals surface area contributed by atoms with Crippen molar-refractivity contribution in [1.82, 2.24) is 0 Å². The molecule has 0 spiro atoms. The van der Waals surface area contributed by atoms with Crippen molar-refractivity contribution in [2.75, 3.05) is 13.7 Å². The summed E-state index contributed by atoms with van der Waals surface area (Å²) in [6, 6.07) is 4.32. The quantitative estimate of drug-likeness (QED) is 0.831. The van der Waals surface area contributed by atoms with Gasteiger partial charge in [-0.1, -0.05) is 0 Å². The van der Waals surface area contributed by atoms with E-state index >= 15 is 0 Å². The van der Waals surface area contributed by atoms with Crippen molar-refractivity contribution in [2.24, 2.45) is 0 Å². The van der Waals surface area contributed by atoms with Crippen LogP contribution in [0.25, 0.3) is 0 Å². The molecule has 78 valence electrons. The first-order chi connectivity index (χ1) is 6.63. The first kappa shape index (κ1) is 11.5. The number of hydrogen-bond donors (Lipinski definition) is 0. The predicted octanol–water partition coefficient (Wildman–Crippen LogP) is 3.00. The Labute approximate surface area is 91.2 Å². The molecule has 1 atom stereocenters. The number of ether oxygens (including phenoxy) is 2. The molecule has 0 N–H and O–H groups in total. The van der Waals surface area contributed by atoms with Gasteiger partial charge in [0, 0.05) is 13.2 Å². The second-order valence-electron chi connectivity index (χ2n) is 2.93. The SMILES string of the molecule is COC(C)COc1cc(F)ccc1Br. The summed E-state index contributed by atoms with van der Waals surface area (Å²) in [7, 11) is 1.61. The van der Waals surface area contributed by atoms with Gasteiger partial charge in [0.1, 0.15) is 18.2 Å². The molecule has 0 fully saturated rings. The molecule has 0 aliphatic rings. The van der Waals surface area contributed by atoms with E-state index in [0.29, 0.717) is 12.4 Å². The monoisotopic (exact) mass is 262 g/mol. The van der Waals surface area contributed by atoms with E-state index in [1.165, 1.54) is 12.1 Å². The van der Waals surface area contributed by atoms with Crippen LogP contribution in [0.2, 0.25) is 0 Å². The molecule has 1 unspecified atom stereocenters. The summed E-state index contributed by atoms with van der Waals surface area (Å²) in [6.07, 6.45) is -0.00910. The van der Waals surface area contributed by atoms with Crippen molar-refractivity contribution in [3.05, 3.63) is 28.5 Å². The molecule has 0 aromatic heterocycles. The van der Waals surface area contributed by atoms with Crippen LogP contribution in [0.15, 0.2) is 22.7 Å². The topological polar surface area (TPSA) is 18.5 Å². The number of methoxy groups -OCH3 is 1. The average molecular weight is 263 g/mol. The normalized spacial score (nSPS) is 12.6. The average Bonchev–Trinajstić information content (AvgIpc) is 2.19. The van der Waals surface area contributed by atoms with E-state index in [4.69, 9.17) is 9.47 Å². The summed E-state index contributed by atoms with van der Waals surface area (Å²) < 4.78 is 23.9. The lowest BCUT2D eigenvalue weighted by atomic mass is 10.3. The maximum Gasteiger partial charge on any atom is 0.136 e. The number of halogens is 2. The van der Waals surface area contributed by atoms with Crippen molar-refractivity contribution in [2.45, 2.75) is 13.0 Å². The second-order valence-corrected chi connectivity index (χ2v) is 3.79. The van der Waals surface area contributed by atoms with E-state index in [1.54, 1.807) is 13.2 Å². The standard InChI is InChI=1S/C10H12BrFO2/c1-7(13-2)6-14-10-5-8(12)3-4-9(10)11/h3-5,7H,6H2,1-2H3. The van der Waals surface area contributed by atoms with Gasteiger partial charge in [-0.2, -0.15) is 0 Å². The molecule has 0 radical (unpaired) electrons. The molecule has 2 nitrogen and oxygen atoms in total. The van der Waals surface area contributed by atoms with Crippen LogP contribution in [-0.2, 0) is 4.74 Å². The van der Waals surface area contributed by atoms with Gasteiger partial charge < -0.3 is 9.47 Å². The third-order valence-corrected chi connectivity index (χ3v) is 2.42. The zero-order valence-corrected chi connectivity index (χ0v) is 9.67. The molecule has 1 rings (SSSR count). The predicted molar refractivity (Wildman–Crippen MR) is 56.1 cm³/mol. The molecular weight excluding hydrogens is 251 g/mol. The third kappa shape index (κ3) is 3.27. The van der Waals surface area contributed by atoms with E-state index in [2.05, 4.69) is 15.9 Å². The van der Waals surface area contributed by atoms with E-state index < -0.39 is 0 Å². The summed E-state index contributed by atoms with van der Waals surface area (Å²) >= 11 is 3.27. The Morgan fingerprint density at radius 2 is 2.21 bits per heavy atom. The van der Waals surface area contributed by atoms with Gasteiger partial charge in [-0.3, -0.25) is 0 Å². The van der Waals surface area contributed by atoms with Crippen LogP contribution >= 0.6 is 15.9 Å². The molecule has 1 aromatic rings. The second kappa shape index (κ2) is 5.32. The minimum Gasteiger partial charge on any atom is -0.490 e. The minimum absolute atomic E-state index is 0.00910. The van der Waals surface area contributed by atoms with Crippen LogP contribution in [0.5, 0.6) is 5.75 Å². The van der Waals surface area contributed by atoms with E-state index in [-0.39, 0.29) is 11.9 Å². The van der Waals surface area contributed by atoms with Crippen LogP contribution in [-0.4, -0.2) is 19.8 Å². The third-order valence-electron chi connectivity index (χ3n) is 1.77. The Hall–Kier alpha value is -0.610. The van der Waals surface area contributed by atoms with Crippen LogP contribution in [0.3, 0.4) is 0 Å². The fourth-order valence-corrected chi connectivity index (χ4v) is 1.22. The zero-order chi connectivity index (χ0) is 10.6. The summed E-state index contributed by atoms with van der Waals surface area (Å²) in [5.41, 5.74) is 0. The van der Waals surface area contributed by atoms with Gasteiger partial charge in [0.05, 0.1) is 10.6 Å². The van der Waals surface area contributed by atoms with Gasteiger partial charge in [-0.25, -0.2) is 4.39 Å². The summed E-state index contributed by atoms with van der Waals surface area (Å²) in [5, 5.41) is 0. The highest BCUT2D eigenvalue weighted by Crippen LogP contribution is 2.25. The largest absolute Gasteiger partial charge is 0.490 e. The van der Waals surface area contributed by atoms with Crippen LogP contribution in [0, 0.1) is 5.82 Å². The van der Waals surface area contributed by atoms with E-state index in [9.17, 15) is 4.39 Å². The minimum atomic E-state index is -0.312. The van der Waals surface area contributed by atoms with Crippen molar-refractivity contribution < 1.29 is 13.9 Å². The van der Waals surface area contributed by atoms with Crippen molar-refractivity contribution in [3.8, 4) is 5.75 Å². The molecule has 0 aliphatic carbocycles. The smallest absolute Gasteiger partial charge is 0.136 e. The molecule has 0 saturated heterocycles. The van der Waals surface area contributed by atoms with Crippen molar-refractivity contribution >= 4 is 15.9 Å². The molecular formula is C10H12BrFO2. The van der Waals surface area contributed by atoms with Gasteiger partial charge in [0.15, 0.2) is 0 Å². The molecule has 0 amide bonds. The Bertz CT molecular complexity index is 304. The Morgan fingerprint density at radius 1 is 1.50 bits per heavy atom. The van der Waals surface area contributed by atoms with Crippen LogP contribution in [0.1, 0.15) is 6.92 Å². The fraction of sp³-hybridized carbons (Fsp3) is 0.400. The maximum absolute atomic E-state index is 12.8. The zero-order valence-electron chi connectivity index (χ0n) is 8.09. The lowest BCUT2D eigenvalue weighted by molar-refractivity contribution is 0.0712. The molecule has 1 aromatic carbocycles. The molecule has 0 saturated carbocycles. The molecule has 4 heteroatoms. The van der Waals surface area contributed by atoms with Crippen LogP contribution < -0.4 is 4.74 Å². The van der Waals surface area contributed by atoms with Gasteiger partial charge in [-0.05, 0) is 35.0 Å². The van der Waals surface area contributed by atoms with Gasteiger partial charge in [0.2, 0.25) is 0 Å². The Morgan fingerprint density at radius 3 is 2.86 bits per heavy atom. The number of benzene rings is 1. The fourth-order valence-electron chi connectivity index (χ4n) is 0.863. The van der Waals surface area contributed by atoms with E-state index in [0.717, 1.165) is 4.47 Å². The highest BCUT2D eigenvalue weighted by Gasteiger charge is 2.05. The maximum atomic E-state index is 12.8. The molecule has 0 aliphatic heterocycles. The Kier molecular flexibility index (Phi) is 4.35. The molecule has 14 heavy (non-hydrogen) atoms. The molecule has 0 heterocycles. The van der Waals surface area contributed by atoms with Crippen LogP contribution in [0.4, 0.5) is 4.39 Å². The number of hydrogen-bond acceptors (Lipinski definition) is 2. The lowest BCUT2D eigenvalue weighted by Crippen LogP contribution is -2.16. The number of rotatable bonds is 4. The summed E-state index contributed by atoms with van der Waals surface area (Å²) in [4.78, 5) is 0. The summed E-state index contributed by atoms with van der Waals surface area (Å²) in [6.45, 7) is 2.28. The summed E-state index contributed by atoms with van der Waals surface area (Å²) in [5.74, 6) is 0.183. The van der Waals surface area contributed by atoms with Crippen molar-refractivity contribution in [3.63, 3.8) is 0 Å². The highest BCUT2D eigenvalue weighted by molar-refractivity contribution is 9.10. The lowest BCUT2D eigenvalue weighted by Gasteiger charge is -2.12.